The van der Waals surface area contributed by atoms with Gasteiger partial charge in [0.2, 0.25) is 0 Å². The molecule has 1 nitrogen and oxygen atoms in total. The molecule has 1 aromatic carbocycles. The first-order valence-corrected chi connectivity index (χ1v) is 6.76. The van der Waals surface area contributed by atoms with E-state index in [0.29, 0.717) is 6.42 Å². The summed E-state index contributed by atoms with van der Waals surface area (Å²) >= 11 is 5.46. The molecule has 4 heteroatoms. The number of unbranched alkanes of at least 4 members (excludes halogenated alkanes) is 4. The molecule has 1 unspecified atom stereocenters. The Hall–Kier alpha value is -0.670. The predicted octanol–water partition coefficient (Wildman–Crippen LogP) is 5.01. The van der Waals surface area contributed by atoms with Gasteiger partial charge in [0, 0.05) is 5.56 Å². The second-order valence-electron chi connectivity index (χ2n) is 4.51. The molecular weight excluding hydrogens is 258 g/mol. The fraction of sp³-hybridized carbons (Fsp3) is 0.571. The van der Waals surface area contributed by atoms with Crippen LogP contribution in [0.25, 0.3) is 0 Å². The fourth-order valence-electron chi connectivity index (χ4n) is 1.89. The highest BCUT2D eigenvalue weighted by molar-refractivity contribution is 6.30. The molecule has 0 heterocycles. The topological polar surface area (TPSA) is 20.2 Å². The van der Waals surface area contributed by atoms with Gasteiger partial charge in [0.05, 0.1) is 11.1 Å². The van der Waals surface area contributed by atoms with E-state index in [1.807, 2.05) is 0 Å². The Bertz CT molecular complexity index is 382. The van der Waals surface area contributed by atoms with Gasteiger partial charge in [-0.15, -0.1) is 0 Å². The summed E-state index contributed by atoms with van der Waals surface area (Å²) in [5, 5.41) is 9.57. The maximum Gasteiger partial charge on any atom is 0.142 e. The van der Waals surface area contributed by atoms with Crippen LogP contribution in [0.3, 0.4) is 0 Å². The highest BCUT2D eigenvalue weighted by atomic mass is 35.5. The zero-order chi connectivity index (χ0) is 13.5. The van der Waals surface area contributed by atoms with Crippen LogP contribution < -0.4 is 0 Å². The van der Waals surface area contributed by atoms with Crippen molar-refractivity contribution in [3.05, 3.63) is 34.4 Å². The van der Waals surface area contributed by atoms with Gasteiger partial charge in [0.1, 0.15) is 11.6 Å². The summed E-state index contributed by atoms with van der Waals surface area (Å²) in [4.78, 5) is 0. The Labute approximate surface area is 112 Å². The van der Waals surface area contributed by atoms with E-state index >= 15 is 0 Å². The molecule has 0 spiro atoms. The third-order valence-electron chi connectivity index (χ3n) is 2.98. The summed E-state index contributed by atoms with van der Waals surface area (Å²) in [6.45, 7) is 2.13. The van der Waals surface area contributed by atoms with Gasteiger partial charge in [0.25, 0.3) is 0 Å². The largest absolute Gasteiger partial charge is 0.388 e. The lowest BCUT2D eigenvalue weighted by Gasteiger charge is -2.12. The lowest BCUT2D eigenvalue weighted by atomic mass is 10.0. The summed E-state index contributed by atoms with van der Waals surface area (Å²) in [5.41, 5.74) is -0.00704. The van der Waals surface area contributed by atoms with Crippen molar-refractivity contribution in [3.8, 4) is 0 Å². The first-order valence-electron chi connectivity index (χ1n) is 6.38. The third kappa shape index (κ3) is 4.54. The molecule has 0 fully saturated rings. The maximum atomic E-state index is 13.5. The summed E-state index contributed by atoms with van der Waals surface area (Å²) in [7, 11) is 0. The van der Waals surface area contributed by atoms with E-state index in [9.17, 15) is 13.9 Å². The molecule has 1 atom stereocenters. The Kier molecular flexibility index (Phi) is 6.58. The van der Waals surface area contributed by atoms with Gasteiger partial charge in [-0.2, -0.15) is 0 Å². The Morgan fingerprint density at radius 2 is 1.78 bits per heavy atom. The van der Waals surface area contributed by atoms with E-state index in [0.717, 1.165) is 37.8 Å². The van der Waals surface area contributed by atoms with Crippen LogP contribution in [0.1, 0.15) is 57.1 Å². The SMILES string of the molecule is CCCCCCCC(O)c1cc(F)c(Cl)cc1F. The van der Waals surface area contributed by atoms with Crippen molar-refractivity contribution in [2.24, 2.45) is 0 Å². The van der Waals surface area contributed by atoms with Crippen LogP contribution >= 0.6 is 11.6 Å². The second kappa shape index (κ2) is 7.70. The van der Waals surface area contributed by atoms with Crippen molar-refractivity contribution in [2.45, 2.75) is 51.6 Å². The Morgan fingerprint density at radius 1 is 1.11 bits per heavy atom. The normalized spacial score (nSPS) is 12.7. The molecule has 0 aromatic heterocycles. The van der Waals surface area contributed by atoms with Crippen molar-refractivity contribution >= 4 is 11.6 Å². The molecule has 1 aromatic rings. The van der Waals surface area contributed by atoms with E-state index < -0.39 is 17.7 Å². The van der Waals surface area contributed by atoms with Gasteiger partial charge in [-0.25, -0.2) is 8.78 Å². The molecule has 1 N–H and O–H groups in total. The molecule has 102 valence electrons. The van der Waals surface area contributed by atoms with E-state index in [1.165, 1.54) is 6.42 Å². The number of benzene rings is 1. The van der Waals surface area contributed by atoms with Crippen molar-refractivity contribution < 1.29 is 13.9 Å². The van der Waals surface area contributed by atoms with Crippen molar-refractivity contribution in [2.75, 3.05) is 0 Å². The molecular formula is C14H19ClF2O. The lowest BCUT2D eigenvalue weighted by Crippen LogP contribution is -2.02. The average molecular weight is 277 g/mol. The van der Waals surface area contributed by atoms with Crippen LogP contribution in [0, 0.1) is 11.6 Å². The number of halogens is 3. The van der Waals surface area contributed by atoms with Gasteiger partial charge in [0.15, 0.2) is 0 Å². The smallest absolute Gasteiger partial charge is 0.142 e. The second-order valence-corrected chi connectivity index (χ2v) is 4.91. The minimum atomic E-state index is -0.960. The van der Waals surface area contributed by atoms with E-state index in [1.54, 1.807) is 0 Å². The van der Waals surface area contributed by atoms with Gasteiger partial charge < -0.3 is 5.11 Å². The summed E-state index contributed by atoms with van der Waals surface area (Å²) in [6.07, 6.45) is 4.73. The van der Waals surface area contributed by atoms with Crippen molar-refractivity contribution in [1.82, 2.24) is 0 Å². The molecule has 0 aliphatic carbocycles. The van der Waals surface area contributed by atoms with Crippen LogP contribution in [0.2, 0.25) is 5.02 Å². The zero-order valence-corrected chi connectivity index (χ0v) is 11.3. The van der Waals surface area contributed by atoms with Crippen LogP contribution in [-0.4, -0.2) is 5.11 Å². The highest BCUT2D eigenvalue weighted by Gasteiger charge is 2.15. The van der Waals surface area contributed by atoms with Crippen LogP contribution in [0.15, 0.2) is 12.1 Å². The van der Waals surface area contributed by atoms with Gasteiger partial charge in [-0.1, -0.05) is 50.6 Å². The monoisotopic (exact) mass is 276 g/mol. The van der Waals surface area contributed by atoms with Crippen LogP contribution in [0.4, 0.5) is 8.78 Å². The number of rotatable bonds is 7. The van der Waals surface area contributed by atoms with Gasteiger partial charge >= 0.3 is 0 Å². The molecule has 0 bridgehead atoms. The van der Waals surface area contributed by atoms with E-state index in [2.05, 4.69) is 6.92 Å². The molecule has 0 saturated heterocycles. The Balaban J connectivity index is 2.51. The molecule has 1 rings (SSSR count). The van der Waals surface area contributed by atoms with Crippen molar-refractivity contribution in [3.63, 3.8) is 0 Å². The van der Waals surface area contributed by atoms with Crippen LogP contribution in [0.5, 0.6) is 0 Å². The predicted molar refractivity (Wildman–Crippen MR) is 69.7 cm³/mol. The average Bonchev–Trinajstić information content (AvgIpc) is 2.33. The summed E-state index contributed by atoms with van der Waals surface area (Å²) < 4.78 is 26.7. The molecule has 0 amide bonds. The number of aliphatic hydroxyl groups excluding tert-OH is 1. The minimum absolute atomic E-state index is 0.00704. The van der Waals surface area contributed by atoms with E-state index in [-0.39, 0.29) is 10.6 Å². The first-order chi connectivity index (χ1) is 8.56. The standard InChI is InChI=1S/C14H19ClF2O/c1-2-3-4-5-6-7-14(18)10-8-13(17)11(15)9-12(10)16/h8-9,14,18H,2-7H2,1H3. The van der Waals surface area contributed by atoms with Gasteiger partial charge in [-0.05, 0) is 18.6 Å². The minimum Gasteiger partial charge on any atom is -0.388 e. The number of aliphatic hydroxyl groups is 1. The number of hydrogen-bond acceptors (Lipinski definition) is 1. The number of hydrogen-bond donors (Lipinski definition) is 1. The molecule has 0 aliphatic rings. The Morgan fingerprint density at radius 3 is 2.44 bits per heavy atom. The lowest BCUT2D eigenvalue weighted by molar-refractivity contribution is 0.158. The molecule has 18 heavy (non-hydrogen) atoms. The first kappa shape index (κ1) is 15.4. The van der Waals surface area contributed by atoms with Crippen LogP contribution in [-0.2, 0) is 0 Å². The highest BCUT2D eigenvalue weighted by Crippen LogP contribution is 2.27. The molecule has 0 aliphatic heterocycles. The molecule has 0 saturated carbocycles. The van der Waals surface area contributed by atoms with E-state index in [4.69, 9.17) is 11.6 Å². The summed E-state index contributed by atoms with van der Waals surface area (Å²) in [5.74, 6) is -1.35. The third-order valence-corrected chi connectivity index (χ3v) is 3.27. The zero-order valence-electron chi connectivity index (χ0n) is 10.6. The van der Waals surface area contributed by atoms with Crippen molar-refractivity contribution in [1.29, 1.82) is 0 Å². The van der Waals surface area contributed by atoms with Gasteiger partial charge in [-0.3, -0.25) is 0 Å². The fourth-order valence-corrected chi connectivity index (χ4v) is 2.04. The maximum absolute atomic E-state index is 13.5. The quantitative estimate of drug-likeness (QED) is 0.548. The summed E-state index contributed by atoms with van der Waals surface area (Å²) in [6, 6.07) is 1.89. The molecule has 0 radical (unpaired) electrons.